The molecule has 3 rings (SSSR count). The highest BCUT2D eigenvalue weighted by Crippen LogP contribution is 2.28. The summed E-state index contributed by atoms with van der Waals surface area (Å²) in [5, 5.41) is 4.30. The maximum atomic E-state index is 12.9. The van der Waals surface area contributed by atoms with Crippen LogP contribution in [0.25, 0.3) is 10.2 Å². The lowest BCUT2D eigenvalue weighted by Gasteiger charge is -2.13. The van der Waals surface area contributed by atoms with Crippen molar-refractivity contribution in [1.82, 2.24) is 9.55 Å². The van der Waals surface area contributed by atoms with Gasteiger partial charge in [0.2, 0.25) is 5.91 Å². The van der Waals surface area contributed by atoms with Gasteiger partial charge >= 0.3 is 0 Å². The second kappa shape index (κ2) is 8.09. The highest BCUT2D eigenvalue weighted by atomic mass is 32.2. The predicted molar refractivity (Wildman–Crippen MR) is 119 cm³/mol. The molecule has 7 heteroatoms. The Morgan fingerprint density at radius 1 is 1.18 bits per heavy atom. The van der Waals surface area contributed by atoms with Gasteiger partial charge in [-0.2, -0.15) is 0 Å². The molecule has 0 spiro atoms. The Balaban J connectivity index is 1.84. The number of hydrogen-bond acceptors (Lipinski definition) is 5. The number of aromatic nitrogens is 2. The van der Waals surface area contributed by atoms with Gasteiger partial charge in [0.15, 0.2) is 5.16 Å². The Morgan fingerprint density at radius 3 is 2.43 bits per heavy atom. The SMILES string of the molecule is CCn1c(SCC(=O)Nc2c(C)cc(C)cc2C)nc2sc(C)c(C)c2c1=O. The summed E-state index contributed by atoms with van der Waals surface area (Å²) in [4.78, 5) is 32.0. The Bertz CT molecular complexity index is 1110. The number of anilines is 1. The molecule has 1 amide bonds. The van der Waals surface area contributed by atoms with E-state index in [-0.39, 0.29) is 17.2 Å². The van der Waals surface area contributed by atoms with Crippen LogP contribution in [0.2, 0.25) is 0 Å². The van der Waals surface area contributed by atoms with Gasteiger partial charge < -0.3 is 5.32 Å². The number of thiophene rings is 1. The minimum atomic E-state index is -0.101. The fourth-order valence-corrected chi connectivity index (χ4v) is 5.31. The van der Waals surface area contributed by atoms with E-state index in [2.05, 4.69) is 22.4 Å². The molecule has 0 atom stereocenters. The van der Waals surface area contributed by atoms with Crippen LogP contribution in [0.4, 0.5) is 5.69 Å². The van der Waals surface area contributed by atoms with E-state index < -0.39 is 0 Å². The number of hydrogen-bond donors (Lipinski definition) is 1. The maximum Gasteiger partial charge on any atom is 0.263 e. The van der Waals surface area contributed by atoms with Crippen LogP contribution < -0.4 is 10.9 Å². The predicted octanol–water partition coefficient (Wildman–Crippen LogP) is 4.75. The van der Waals surface area contributed by atoms with Crippen LogP contribution in [0.1, 0.15) is 34.1 Å². The largest absolute Gasteiger partial charge is 0.325 e. The smallest absolute Gasteiger partial charge is 0.263 e. The monoisotopic (exact) mass is 415 g/mol. The van der Waals surface area contributed by atoms with Crippen molar-refractivity contribution >= 4 is 44.9 Å². The van der Waals surface area contributed by atoms with Gasteiger partial charge in [-0.15, -0.1) is 11.3 Å². The summed E-state index contributed by atoms with van der Waals surface area (Å²) in [6.45, 7) is 12.4. The van der Waals surface area contributed by atoms with Gasteiger partial charge in [0.05, 0.1) is 11.1 Å². The molecule has 0 aliphatic carbocycles. The first-order valence-electron chi connectivity index (χ1n) is 9.24. The van der Waals surface area contributed by atoms with Gasteiger partial charge in [0.25, 0.3) is 5.56 Å². The third-order valence-corrected chi connectivity index (χ3v) is 6.92. The summed E-state index contributed by atoms with van der Waals surface area (Å²) in [7, 11) is 0. The molecule has 1 N–H and O–H groups in total. The molecule has 2 aromatic heterocycles. The van der Waals surface area contributed by atoms with Gasteiger partial charge in [0, 0.05) is 17.1 Å². The Hall–Kier alpha value is -2.12. The molecule has 0 saturated heterocycles. The van der Waals surface area contributed by atoms with Gasteiger partial charge in [-0.25, -0.2) is 4.98 Å². The second-order valence-corrected chi connectivity index (χ2v) is 9.16. The number of nitrogens with zero attached hydrogens (tertiary/aromatic N) is 2. The van der Waals surface area contributed by atoms with Crippen molar-refractivity contribution in [2.24, 2.45) is 0 Å². The molecular weight excluding hydrogens is 390 g/mol. The van der Waals surface area contributed by atoms with Crippen molar-refractivity contribution in [3.05, 3.63) is 49.6 Å². The Morgan fingerprint density at radius 2 is 1.82 bits per heavy atom. The lowest BCUT2D eigenvalue weighted by atomic mass is 10.1. The summed E-state index contributed by atoms with van der Waals surface area (Å²) in [5.41, 5.74) is 5.10. The number of fused-ring (bicyclic) bond motifs is 1. The highest BCUT2D eigenvalue weighted by molar-refractivity contribution is 7.99. The van der Waals surface area contributed by atoms with Crippen LogP contribution in [-0.4, -0.2) is 21.2 Å². The molecule has 5 nitrogen and oxygen atoms in total. The summed E-state index contributed by atoms with van der Waals surface area (Å²) >= 11 is 2.83. The quantitative estimate of drug-likeness (QED) is 0.482. The number of aryl methyl sites for hydroxylation is 5. The van der Waals surface area contributed by atoms with Crippen LogP contribution in [0, 0.1) is 34.6 Å². The van der Waals surface area contributed by atoms with E-state index in [0.29, 0.717) is 17.1 Å². The zero-order valence-corrected chi connectivity index (χ0v) is 18.7. The van der Waals surface area contributed by atoms with E-state index in [4.69, 9.17) is 0 Å². The average Bonchev–Trinajstić information content (AvgIpc) is 2.90. The van der Waals surface area contributed by atoms with E-state index in [1.165, 1.54) is 28.7 Å². The number of amides is 1. The Kier molecular flexibility index (Phi) is 5.95. The fourth-order valence-electron chi connectivity index (χ4n) is 3.38. The summed E-state index contributed by atoms with van der Waals surface area (Å²) < 4.78 is 1.65. The number of thioether (sulfide) groups is 1. The standard InChI is InChI=1S/C21H25N3O2S2/c1-7-24-20(26)17-14(5)15(6)28-19(17)23-21(24)27-10-16(25)22-18-12(3)8-11(2)9-13(18)4/h8-9H,7,10H2,1-6H3,(H,22,25). The molecule has 0 fully saturated rings. The van der Waals surface area contributed by atoms with Crippen LogP contribution in [0.5, 0.6) is 0 Å². The van der Waals surface area contributed by atoms with E-state index in [9.17, 15) is 9.59 Å². The molecule has 0 bridgehead atoms. The average molecular weight is 416 g/mol. The molecule has 0 aliphatic heterocycles. The van der Waals surface area contributed by atoms with E-state index in [0.717, 1.165) is 32.1 Å². The lowest BCUT2D eigenvalue weighted by Crippen LogP contribution is -2.23. The number of carbonyl (C=O) groups is 1. The van der Waals surface area contributed by atoms with Gasteiger partial charge in [-0.05, 0) is 58.2 Å². The molecule has 148 valence electrons. The van der Waals surface area contributed by atoms with E-state index in [1.54, 1.807) is 4.57 Å². The summed E-state index contributed by atoms with van der Waals surface area (Å²) in [5.74, 6) is 0.101. The van der Waals surface area contributed by atoms with Crippen LogP contribution in [-0.2, 0) is 11.3 Å². The van der Waals surface area contributed by atoms with E-state index >= 15 is 0 Å². The number of nitrogens with one attached hydrogen (secondary N) is 1. The molecular formula is C21H25N3O2S2. The van der Waals surface area contributed by atoms with Crippen molar-refractivity contribution < 1.29 is 4.79 Å². The van der Waals surface area contributed by atoms with Gasteiger partial charge in [-0.3, -0.25) is 14.2 Å². The maximum absolute atomic E-state index is 12.9. The topological polar surface area (TPSA) is 64.0 Å². The van der Waals surface area contributed by atoms with Crippen molar-refractivity contribution in [2.75, 3.05) is 11.1 Å². The highest BCUT2D eigenvalue weighted by Gasteiger charge is 2.17. The number of carbonyl (C=O) groups excluding carboxylic acids is 1. The third kappa shape index (κ3) is 3.86. The fraction of sp³-hybridized carbons (Fsp3) is 0.381. The molecule has 0 saturated carbocycles. The van der Waals surface area contributed by atoms with Crippen molar-refractivity contribution in [3.63, 3.8) is 0 Å². The zero-order chi connectivity index (χ0) is 20.6. The van der Waals surface area contributed by atoms with Crippen molar-refractivity contribution in [2.45, 2.75) is 53.2 Å². The first-order chi connectivity index (χ1) is 13.2. The minimum Gasteiger partial charge on any atom is -0.325 e. The van der Waals surface area contributed by atoms with Crippen LogP contribution in [0.15, 0.2) is 22.1 Å². The van der Waals surface area contributed by atoms with Crippen molar-refractivity contribution in [1.29, 1.82) is 0 Å². The minimum absolute atomic E-state index is 0.0255. The van der Waals surface area contributed by atoms with Gasteiger partial charge in [-0.1, -0.05) is 29.5 Å². The molecule has 0 radical (unpaired) electrons. The molecule has 0 unspecified atom stereocenters. The number of benzene rings is 1. The first kappa shape index (κ1) is 20.6. The van der Waals surface area contributed by atoms with E-state index in [1.807, 2.05) is 41.5 Å². The first-order valence-corrected chi connectivity index (χ1v) is 11.0. The van der Waals surface area contributed by atoms with Gasteiger partial charge in [0.1, 0.15) is 4.83 Å². The molecule has 2 heterocycles. The van der Waals surface area contributed by atoms with Crippen LogP contribution >= 0.6 is 23.1 Å². The summed E-state index contributed by atoms with van der Waals surface area (Å²) in [6.07, 6.45) is 0. The zero-order valence-electron chi connectivity index (χ0n) is 17.1. The third-order valence-electron chi connectivity index (χ3n) is 4.84. The van der Waals surface area contributed by atoms with Crippen LogP contribution in [0.3, 0.4) is 0 Å². The molecule has 28 heavy (non-hydrogen) atoms. The molecule has 3 aromatic rings. The molecule has 0 aliphatic rings. The summed E-state index contributed by atoms with van der Waals surface area (Å²) in [6, 6.07) is 4.11. The second-order valence-electron chi connectivity index (χ2n) is 7.02. The molecule has 1 aromatic carbocycles. The van der Waals surface area contributed by atoms with Crippen molar-refractivity contribution in [3.8, 4) is 0 Å². The lowest BCUT2D eigenvalue weighted by molar-refractivity contribution is -0.113. The number of rotatable bonds is 5. The Labute approximate surface area is 173 Å². The normalized spacial score (nSPS) is 11.2.